The Kier molecular flexibility index (Phi) is 5.05. The number of ether oxygens (including phenoxy) is 2. The van der Waals surface area contributed by atoms with Gasteiger partial charge in [0.1, 0.15) is 6.26 Å². The molecule has 1 atom stereocenters. The van der Waals surface area contributed by atoms with Gasteiger partial charge in [-0.2, -0.15) is 4.98 Å². The predicted octanol–water partition coefficient (Wildman–Crippen LogP) is 3.24. The lowest BCUT2D eigenvalue weighted by molar-refractivity contribution is 0.288. The van der Waals surface area contributed by atoms with Gasteiger partial charge in [-0.15, -0.1) is 0 Å². The van der Waals surface area contributed by atoms with Gasteiger partial charge in [-0.05, 0) is 32.9 Å². The van der Waals surface area contributed by atoms with Crippen LogP contribution in [0.3, 0.4) is 0 Å². The van der Waals surface area contributed by atoms with E-state index in [0.717, 1.165) is 5.69 Å². The number of hydrogen-bond acceptors (Lipinski definition) is 6. The van der Waals surface area contributed by atoms with Gasteiger partial charge in [-0.1, -0.05) is 0 Å². The molecule has 2 rings (SSSR count). The first-order valence-electron chi connectivity index (χ1n) is 7.01. The van der Waals surface area contributed by atoms with Gasteiger partial charge in [0, 0.05) is 17.8 Å². The third-order valence-corrected chi connectivity index (χ3v) is 2.78. The second-order valence-electron chi connectivity index (χ2n) is 4.52. The number of oxazole rings is 1. The van der Waals surface area contributed by atoms with Crippen molar-refractivity contribution in [1.29, 1.82) is 0 Å². The van der Waals surface area contributed by atoms with E-state index in [1.807, 2.05) is 39.0 Å². The summed E-state index contributed by atoms with van der Waals surface area (Å²) in [6.07, 6.45) is 1.55. The Morgan fingerprint density at radius 3 is 2.57 bits per heavy atom. The smallest absolute Gasteiger partial charge is 0.299 e. The summed E-state index contributed by atoms with van der Waals surface area (Å²) in [5, 5.41) is 3.08. The van der Waals surface area contributed by atoms with Crippen molar-refractivity contribution in [3.63, 3.8) is 0 Å². The predicted molar refractivity (Wildman–Crippen MR) is 81.2 cm³/mol. The first-order chi connectivity index (χ1) is 10.1. The molecule has 1 unspecified atom stereocenters. The van der Waals surface area contributed by atoms with Crippen molar-refractivity contribution < 1.29 is 13.9 Å². The maximum absolute atomic E-state index is 5.75. The molecule has 0 fully saturated rings. The van der Waals surface area contributed by atoms with E-state index in [4.69, 9.17) is 19.6 Å². The molecule has 1 aromatic heterocycles. The molecule has 6 nitrogen and oxygen atoms in total. The van der Waals surface area contributed by atoms with Crippen LogP contribution in [0, 0.1) is 0 Å². The maximum Gasteiger partial charge on any atom is 0.299 e. The number of hydrogen-bond donors (Lipinski definition) is 2. The second-order valence-corrected chi connectivity index (χ2v) is 4.52. The number of rotatable bonds is 7. The monoisotopic (exact) mass is 291 g/mol. The van der Waals surface area contributed by atoms with Crippen molar-refractivity contribution in [2.75, 3.05) is 18.5 Å². The third kappa shape index (κ3) is 3.88. The average molecular weight is 291 g/mol. The summed E-state index contributed by atoms with van der Waals surface area (Å²) < 4.78 is 16.4. The highest BCUT2D eigenvalue weighted by Gasteiger charge is 2.10. The summed E-state index contributed by atoms with van der Waals surface area (Å²) >= 11 is 0. The summed E-state index contributed by atoms with van der Waals surface area (Å²) in [7, 11) is 0. The van der Waals surface area contributed by atoms with Gasteiger partial charge in [0.2, 0.25) is 0 Å². The van der Waals surface area contributed by atoms with E-state index in [1.54, 1.807) is 6.26 Å². The standard InChI is InChI=1S/C15H21N3O3/c1-4-19-13-7-6-11(8-14(13)20-5-2)17-15-18-12(9-21-15)10(3)16/h6-10H,4-5,16H2,1-3H3,(H,17,18). The zero-order chi connectivity index (χ0) is 15.2. The number of nitrogens with zero attached hydrogens (tertiary/aromatic N) is 1. The van der Waals surface area contributed by atoms with E-state index >= 15 is 0 Å². The number of nitrogens with two attached hydrogens (primary N) is 1. The molecule has 1 aromatic carbocycles. The van der Waals surface area contributed by atoms with Crippen LogP contribution in [-0.4, -0.2) is 18.2 Å². The Morgan fingerprint density at radius 1 is 1.24 bits per heavy atom. The minimum atomic E-state index is -0.163. The van der Waals surface area contributed by atoms with Crippen LogP contribution in [0.2, 0.25) is 0 Å². The molecule has 3 N–H and O–H groups in total. The van der Waals surface area contributed by atoms with Gasteiger partial charge in [0.05, 0.1) is 18.9 Å². The van der Waals surface area contributed by atoms with Crippen molar-refractivity contribution in [2.24, 2.45) is 5.73 Å². The summed E-state index contributed by atoms with van der Waals surface area (Å²) in [5.41, 5.74) is 7.26. The van der Waals surface area contributed by atoms with Crippen molar-refractivity contribution >= 4 is 11.7 Å². The zero-order valence-electron chi connectivity index (χ0n) is 12.6. The Balaban J connectivity index is 2.17. The molecule has 21 heavy (non-hydrogen) atoms. The topological polar surface area (TPSA) is 82.5 Å². The largest absolute Gasteiger partial charge is 0.490 e. The van der Waals surface area contributed by atoms with Gasteiger partial charge in [-0.25, -0.2) is 0 Å². The molecule has 6 heteroatoms. The van der Waals surface area contributed by atoms with Crippen LogP contribution in [0.15, 0.2) is 28.9 Å². The van der Waals surface area contributed by atoms with Crippen molar-refractivity contribution in [2.45, 2.75) is 26.8 Å². The van der Waals surface area contributed by atoms with Crippen molar-refractivity contribution in [3.05, 3.63) is 30.2 Å². The molecule has 0 saturated carbocycles. The van der Waals surface area contributed by atoms with Crippen LogP contribution < -0.4 is 20.5 Å². The van der Waals surface area contributed by atoms with Gasteiger partial charge in [-0.3, -0.25) is 0 Å². The van der Waals surface area contributed by atoms with Crippen LogP contribution in [0.1, 0.15) is 32.5 Å². The van der Waals surface area contributed by atoms with Crippen LogP contribution in [0.25, 0.3) is 0 Å². The molecule has 0 bridgehead atoms. The highest BCUT2D eigenvalue weighted by molar-refractivity contribution is 5.59. The Morgan fingerprint density at radius 2 is 1.95 bits per heavy atom. The first-order valence-corrected chi connectivity index (χ1v) is 7.01. The molecule has 0 amide bonds. The number of anilines is 2. The fraction of sp³-hybridized carbons (Fsp3) is 0.400. The normalized spacial score (nSPS) is 12.0. The Labute approximate surface area is 124 Å². The Bertz CT molecular complexity index is 581. The minimum absolute atomic E-state index is 0.163. The van der Waals surface area contributed by atoms with E-state index < -0.39 is 0 Å². The van der Waals surface area contributed by atoms with Gasteiger partial charge in [0.25, 0.3) is 6.01 Å². The van der Waals surface area contributed by atoms with Crippen LogP contribution in [0.5, 0.6) is 11.5 Å². The zero-order valence-corrected chi connectivity index (χ0v) is 12.6. The summed E-state index contributed by atoms with van der Waals surface area (Å²) in [6.45, 7) is 6.87. The first kappa shape index (κ1) is 15.2. The molecule has 2 aromatic rings. The average Bonchev–Trinajstić information content (AvgIpc) is 2.91. The maximum atomic E-state index is 5.75. The number of aromatic nitrogens is 1. The molecule has 0 aliphatic rings. The summed E-state index contributed by atoms with van der Waals surface area (Å²) in [6, 6.07) is 5.82. The molecular weight excluding hydrogens is 270 g/mol. The van der Waals surface area contributed by atoms with Gasteiger partial charge < -0.3 is 24.9 Å². The number of nitrogens with one attached hydrogen (secondary N) is 1. The lowest BCUT2D eigenvalue weighted by Gasteiger charge is -2.12. The van der Waals surface area contributed by atoms with Crippen molar-refractivity contribution in [1.82, 2.24) is 4.98 Å². The molecule has 0 radical (unpaired) electrons. The SMILES string of the molecule is CCOc1ccc(Nc2nc(C(C)N)co2)cc1OCC. The molecule has 0 aliphatic heterocycles. The van der Waals surface area contributed by atoms with E-state index in [9.17, 15) is 0 Å². The molecule has 0 spiro atoms. The highest BCUT2D eigenvalue weighted by atomic mass is 16.5. The lowest BCUT2D eigenvalue weighted by atomic mass is 10.2. The molecule has 114 valence electrons. The van der Waals surface area contributed by atoms with E-state index in [2.05, 4.69) is 10.3 Å². The quantitative estimate of drug-likeness (QED) is 0.815. The van der Waals surface area contributed by atoms with Gasteiger partial charge in [0.15, 0.2) is 11.5 Å². The summed E-state index contributed by atoms with van der Waals surface area (Å²) in [5.74, 6) is 1.40. The second kappa shape index (κ2) is 6.99. The van der Waals surface area contributed by atoms with Crippen molar-refractivity contribution in [3.8, 4) is 11.5 Å². The fourth-order valence-electron chi connectivity index (χ4n) is 1.81. The van der Waals surface area contributed by atoms with E-state index in [1.165, 1.54) is 0 Å². The van der Waals surface area contributed by atoms with Crippen LogP contribution in [0.4, 0.5) is 11.7 Å². The molecule has 0 aliphatic carbocycles. The molecular formula is C15H21N3O3. The fourth-order valence-corrected chi connectivity index (χ4v) is 1.81. The Hall–Kier alpha value is -2.21. The number of benzene rings is 1. The van der Waals surface area contributed by atoms with Gasteiger partial charge >= 0.3 is 0 Å². The molecule has 1 heterocycles. The third-order valence-electron chi connectivity index (χ3n) is 2.78. The summed E-state index contributed by atoms with van der Waals surface area (Å²) in [4.78, 5) is 4.26. The van der Waals surface area contributed by atoms with E-state index in [-0.39, 0.29) is 6.04 Å². The lowest BCUT2D eigenvalue weighted by Crippen LogP contribution is -2.05. The molecule has 0 saturated heterocycles. The highest BCUT2D eigenvalue weighted by Crippen LogP contribution is 2.31. The van der Waals surface area contributed by atoms with Crippen LogP contribution >= 0.6 is 0 Å². The van der Waals surface area contributed by atoms with E-state index in [0.29, 0.717) is 36.4 Å². The van der Waals surface area contributed by atoms with Crippen LogP contribution in [-0.2, 0) is 0 Å². The minimum Gasteiger partial charge on any atom is -0.490 e.